The van der Waals surface area contributed by atoms with Gasteiger partial charge in [-0.2, -0.15) is 4.31 Å². The number of benzene rings is 2. The fourth-order valence-corrected chi connectivity index (χ4v) is 3.95. The summed E-state index contributed by atoms with van der Waals surface area (Å²) >= 11 is 0. The number of aryl methyl sites for hydroxylation is 2. The second-order valence-electron chi connectivity index (χ2n) is 6.32. The summed E-state index contributed by atoms with van der Waals surface area (Å²) in [6.45, 7) is 6.91. The quantitative estimate of drug-likeness (QED) is 0.661. The van der Waals surface area contributed by atoms with Gasteiger partial charge in [0.2, 0.25) is 21.8 Å². The molecule has 0 aliphatic carbocycles. The largest absolute Gasteiger partial charge is 0.366 e. The molecule has 2 aromatic carbocycles. The van der Waals surface area contributed by atoms with Crippen LogP contribution in [-0.2, 0) is 14.8 Å². The van der Waals surface area contributed by atoms with Crippen LogP contribution in [0.1, 0.15) is 21.5 Å². The van der Waals surface area contributed by atoms with Crippen molar-refractivity contribution in [2.45, 2.75) is 18.7 Å². The summed E-state index contributed by atoms with van der Waals surface area (Å²) in [4.78, 5) is 23.6. The number of nitrogens with two attached hydrogens (primary N) is 1. The summed E-state index contributed by atoms with van der Waals surface area (Å²) in [6.07, 6.45) is 1.42. The topological polar surface area (TPSA) is 110 Å². The molecule has 0 bridgehead atoms. The zero-order valence-electron chi connectivity index (χ0n) is 15.8. The lowest BCUT2D eigenvalue weighted by Crippen LogP contribution is -2.38. The SMILES string of the molecule is C=CCN(CC(=O)Nc1ccc(C(N)=O)cc1)S(=O)(=O)c1ccc(C)c(C)c1. The minimum atomic E-state index is -3.87. The van der Waals surface area contributed by atoms with Crippen LogP contribution in [0.2, 0.25) is 0 Å². The van der Waals surface area contributed by atoms with Gasteiger partial charge in [0.05, 0.1) is 11.4 Å². The number of nitrogens with zero attached hydrogens (tertiary/aromatic N) is 1. The number of rotatable bonds is 8. The number of sulfonamides is 1. The van der Waals surface area contributed by atoms with Gasteiger partial charge in [-0.25, -0.2) is 8.42 Å². The minimum Gasteiger partial charge on any atom is -0.366 e. The van der Waals surface area contributed by atoms with Crippen molar-refractivity contribution in [2.24, 2.45) is 5.73 Å². The van der Waals surface area contributed by atoms with E-state index in [4.69, 9.17) is 5.73 Å². The molecule has 0 aliphatic heterocycles. The zero-order valence-corrected chi connectivity index (χ0v) is 16.6. The molecule has 0 heterocycles. The van der Waals surface area contributed by atoms with Gasteiger partial charge in [0, 0.05) is 17.8 Å². The van der Waals surface area contributed by atoms with Gasteiger partial charge in [-0.15, -0.1) is 6.58 Å². The third kappa shape index (κ3) is 5.05. The first-order chi connectivity index (χ1) is 13.1. The number of hydrogen-bond acceptors (Lipinski definition) is 4. The molecule has 148 valence electrons. The highest BCUT2D eigenvalue weighted by atomic mass is 32.2. The summed E-state index contributed by atoms with van der Waals surface area (Å²) in [6, 6.07) is 10.8. The molecular formula is C20H23N3O4S. The number of nitrogens with one attached hydrogen (secondary N) is 1. The van der Waals surface area contributed by atoms with Crippen molar-refractivity contribution in [3.63, 3.8) is 0 Å². The maximum absolute atomic E-state index is 12.9. The summed E-state index contributed by atoms with van der Waals surface area (Å²) in [5.74, 6) is -1.09. The highest BCUT2D eigenvalue weighted by Gasteiger charge is 2.26. The summed E-state index contributed by atoms with van der Waals surface area (Å²) in [5.41, 5.74) is 7.74. The van der Waals surface area contributed by atoms with Crippen LogP contribution >= 0.6 is 0 Å². The number of carbonyl (C=O) groups is 2. The monoisotopic (exact) mass is 401 g/mol. The van der Waals surface area contributed by atoms with E-state index >= 15 is 0 Å². The first-order valence-electron chi connectivity index (χ1n) is 8.53. The molecule has 0 radical (unpaired) electrons. The zero-order chi connectivity index (χ0) is 20.9. The van der Waals surface area contributed by atoms with Crippen LogP contribution in [0, 0.1) is 13.8 Å². The van der Waals surface area contributed by atoms with Gasteiger partial charge in [0.1, 0.15) is 0 Å². The van der Waals surface area contributed by atoms with Crippen molar-refractivity contribution in [3.8, 4) is 0 Å². The van der Waals surface area contributed by atoms with Gasteiger partial charge in [-0.05, 0) is 61.4 Å². The Bertz CT molecular complexity index is 999. The highest BCUT2D eigenvalue weighted by Crippen LogP contribution is 2.19. The normalized spacial score (nSPS) is 11.2. The second kappa shape index (κ2) is 8.81. The van der Waals surface area contributed by atoms with E-state index in [1.807, 2.05) is 13.8 Å². The van der Waals surface area contributed by atoms with Crippen LogP contribution in [0.25, 0.3) is 0 Å². The Morgan fingerprint density at radius 2 is 1.75 bits per heavy atom. The Morgan fingerprint density at radius 1 is 1.11 bits per heavy atom. The molecule has 2 aromatic rings. The van der Waals surface area contributed by atoms with Crippen LogP contribution in [0.15, 0.2) is 60.0 Å². The highest BCUT2D eigenvalue weighted by molar-refractivity contribution is 7.89. The molecule has 0 aliphatic rings. The Kier molecular flexibility index (Phi) is 6.71. The number of anilines is 1. The van der Waals surface area contributed by atoms with Crippen molar-refractivity contribution in [1.82, 2.24) is 4.31 Å². The lowest BCUT2D eigenvalue weighted by atomic mass is 10.1. The summed E-state index contributed by atoms with van der Waals surface area (Å²) in [5, 5.41) is 2.61. The Morgan fingerprint density at radius 3 is 2.29 bits per heavy atom. The van der Waals surface area contributed by atoms with Gasteiger partial charge < -0.3 is 11.1 Å². The van der Waals surface area contributed by atoms with Gasteiger partial charge in [0.15, 0.2) is 0 Å². The molecule has 0 saturated heterocycles. The summed E-state index contributed by atoms with van der Waals surface area (Å²) < 4.78 is 26.9. The van der Waals surface area contributed by atoms with E-state index in [0.717, 1.165) is 15.4 Å². The minimum absolute atomic E-state index is 0.0106. The predicted octanol–water partition coefficient (Wildman–Crippen LogP) is 2.22. The van der Waals surface area contributed by atoms with E-state index in [-0.39, 0.29) is 18.0 Å². The number of carbonyl (C=O) groups excluding carboxylic acids is 2. The second-order valence-corrected chi connectivity index (χ2v) is 8.26. The lowest BCUT2D eigenvalue weighted by Gasteiger charge is -2.21. The van der Waals surface area contributed by atoms with E-state index in [1.54, 1.807) is 12.1 Å². The van der Waals surface area contributed by atoms with Gasteiger partial charge in [0.25, 0.3) is 0 Å². The fraction of sp³-hybridized carbons (Fsp3) is 0.200. The smallest absolute Gasteiger partial charge is 0.248 e. The molecule has 0 fully saturated rings. The predicted molar refractivity (Wildman–Crippen MR) is 108 cm³/mol. The van der Waals surface area contributed by atoms with Crippen LogP contribution in [0.5, 0.6) is 0 Å². The third-order valence-corrected chi connectivity index (χ3v) is 6.03. The molecule has 8 heteroatoms. The first-order valence-corrected chi connectivity index (χ1v) is 9.97. The molecule has 2 amide bonds. The maximum Gasteiger partial charge on any atom is 0.248 e. The molecule has 28 heavy (non-hydrogen) atoms. The van der Waals surface area contributed by atoms with Crippen LogP contribution in [-0.4, -0.2) is 37.6 Å². The van der Waals surface area contributed by atoms with E-state index in [0.29, 0.717) is 11.3 Å². The van der Waals surface area contributed by atoms with E-state index < -0.39 is 21.8 Å². The molecule has 3 N–H and O–H groups in total. The van der Waals surface area contributed by atoms with Crippen molar-refractivity contribution in [3.05, 3.63) is 71.8 Å². The van der Waals surface area contributed by atoms with Crippen LogP contribution in [0.3, 0.4) is 0 Å². The van der Waals surface area contributed by atoms with Gasteiger partial charge in [-0.3, -0.25) is 9.59 Å². The third-order valence-electron chi connectivity index (χ3n) is 4.22. The molecule has 0 atom stereocenters. The van der Waals surface area contributed by atoms with E-state index in [2.05, 4.69) is 11.9 Å². The van der Waals surface area contributed by atoms with Gasteiger partial charge >= 0.3 is 0 Å². The average molecular weight is 401 g/mol. The van der Waals surface area contributed by atoms with Crippen molar-refractivity contribution in [1.29, 1.82) is 0 Å². The Hall–Kier alpha value is -2.97. The maximum atomic E-state index is 12.9. The fourth-order valence-electron chi connectivity index (χ4n) is 2.49. The number of amides is 2. The summed E-state index contributed by atoms with van der Waals surface area (Å²) in [7, 11) is -3.87. The molecule has 2 rings (SSSR count). The molecule has 0 unspecified atom stereocenters. The Labute approximate surface area is 164 Å². The average Bonchev–Trinajstić information content (AvgIpc) is 2.64. The van der Waals surface area contributed by atoms with Crippen molar-refractivity contribution >= 4 is 27.5 Å². The lowest BCUT2D eigenvalue weighted by molar-refractivity contribution is -0.116. The number of primary amides is 1. The standard InChI is InChI=1S/C20H23N3O4S/c1-4-11-23(28(26,27)18-10-5-14(2)15(3)12-18)13-19(24)22-17-8-6-16(7-9-17)20(21)25/h4-10,12H,1,11,13H2,2-3H3,(H2,21,25)(H,22,24). The molecule has 0 aromatic heterocycles. The molecule has 7 nitrogen and oxygen atoms in total. The van der Waals surface area contributed by atoms with E-state index in [9.17, 15) is 18.0 Å². The molecule has 0 saturated carbocycles. The Balaban J connectivity index is 2.18. The molecular weight excluding hydrogens is 378 g/mol. The van der Waals surface area contributed by atoms with Crippen LogP contribution in [0.4, 0.5) is 5.69 Å². The first kappa shape index (κ1) is 21.3. The van der Waals surface area contributed by atoms with Crippen molar-refractivity contribution < 1.29 is 18.0 Å². The number of hydrogen-bond donors (Lipinski definition) is 2. The van der Waals surface area contributed by atoms with Crippen LogP contribution < -0.4 is 11.1 Å². The van der Waals surface area contributed by atoms with Gasteiger partial charge in [-0.1, -0.05) is 12.1 Å². The molecule has 0 spiro atoms. The van der Waals surface area contributed by atoms with Crippen molar-refractivity contribution in [2.75, 3.05) is 18.4 Å². The van der Waals surface area contributed by atoms with E-state index in [1.165, 1.54) is 36.4 Å².